The molecule has 1 N–H and O–H groups in total. The Kier molecular flexibility index (Phi) is 2.64. The van der Waals surface area contributed by atoms with Gasteiger partial charge in [-0.2, -0.15) is 0 Å². The summed E-state index contributed by atoms with van der Waals surface area (Å²) in [6, 6.07) is 7.82. The Bertz CT molecular complexity index is 565. The minimum atomic E-state index is -0.963. The quantitative estimate of drug-likeness (QED) is 0.678. The monoisotopic (exact) mass is 211 g/mol. The standard InChI is InChI=1S/C14H13NO/c1-14(2,16)8-6-11-4-3-5-12-10-15-9-7-13(11)12/h3-5,7,9-10,16H,1-2H3. The molecule has 0 fully saturated rings. The van der Waals surface area contributed by atoms with Crippen LogP contribution in [-0.4, -0.2) is 15.7 Å². The molecular weight excluding hydrogens is 198 g/mol. The Hall–Kier alpha value is -1.85. The predicted octanol–water partition coefficient (Wildman–Crippen LogP) is 2.36. The van der Waals surface area contributed by atoms with Crippen molar-refractivity contribution in [3.63, 3.8) is 0 Å². The minimum absolute atomic E-state index is 0.919. The summed E-state index contributed by atoms with van der Waals surface area (Å²) in [6.07, 6.45) is 3.56. The number of hydrogen-bond acceptors (Lipinski definition) is 2. The van der Waals surface area contributed by atoms with Crippen molar-refractivity contribution in [2.45, 2.75) is 19.4 Å². The third-order valence-electron chi connectivity index (χ3n) is 2.18. The second kappa shape index (κ2) is 3.96. The molecule has 0 spiro atoms. The van der Waals surface area contributed by atoms with E-state index in [0.717, 1.165) is 16.3 Å². The number of rotatable bonds is 0. The van der Waals surface area contributed by atoms with Crippen LogP contribution in [0.25, 0.3) is 10.8 Å². The normalized spacial score (nSPS) is 10.9. The lowest BCUT2D eigenvalue weighted by atomic mass is 10.1. The van der Waals surface area contributed by atoms with E-state index in [0.29, 0.717) is 0 Å². The molecule has 0 unspecified atom stereocenters. The van der Waals surface area contributed by atoms with E-state index >= 15 is 0 Å². The average molecular weight is 211 g/mol. The maximum atomic E-state index is 9.57. The first-order valence-corrected chi connectivity index (χ1v) is 5.14. The maximum Gasteiger partial charge on any atom is 0.120 e. The van der Waals surface area contributed by atoms with Crippen LogP contribution in [0.3, 0.4) is 0 Å². The van der Waals surface area contributed by atoms with E-state index in [9.17, 15) is 5.11 Å². The fraction of sp³-hybridized carbons (Fsp3) is 0.214. The molecule has 0 bridgehead atoms. The Morgan fingerprint density at radius 3 is 2.81 bits per heavy atom. The van der Waals surface area contributed by atoms with Crippen molar-refractivity contribution in [1.29, 1.82) is 0 Å². The van der Waals surface area contributed by atoms with Crippen molar-refractivity contribution < 1.29 is 5.11 Å². The largest absolute Gasteiger partial charge is 0.378 e. The Morgan fingerprint density at radius 2 is 2.06 bits per heavy atom. The molecule has 0 aliphatic heterocycles. The minimum Gasteiger partial charge on any atom is -0.378 e. The number of fused-ring (bicyclic) bond motifs is 1. The lowest BCUT2D eigenvalue weighted by molar-refractivity contribution is 0.143. The van der Waals surface area contributed by atoms with E-state index in [1.807, 2.05) is 30.5 Å². The molecule has 0 atom stereocenters. The van der Waals surface area contributed by atoms with Gasteiger partial charge in [0, 0.05) is 28.7 Å². The van der Waals surface area contributed by atoms with Crippen molar-refractivity contribution in [3.8, 4) is 11.8 Å². The van der Waals surface area contributed by atoms with Gasteiger partial charge in [0.25, 0.3) is 0 Å². The summed E-state index contributed by atoms with van der Waals surface area (Å²) >= 11 is 0. The molecule has 2 rings (SSSR count). The molecule has 2 heteroatoms. The highest BCUT2D eigenvalue weighted by molar-refractivity contribution is 5.87. The van der Waals surface area contributed by atoms with Gasteiger partial charge < -0.3 is 5.11 Å². The van der Waals surface area contributed by atoms with Gasteiger partial charge >= 0.3 is 0 Å². The van der Waals surface area contributed by atoms with Crippen molar-refractivity contribution in [3.05, 3.63) is 42.2 Å². The first-order chi connectivity index (χ1) is 7.56. The molecule has 1 aromatic carbocycles. The fourth-order valence-electron chi connectivity index (χ4n) is 1.45. The molecule has 0 radical (unpaired) electrons. The van der Waals surface area contributed by atoms with Crippen LogP contribution in [0, 0.1) is 11.8 Å². The summed E-state index contributed by atoms with van der Waals surface area (Å²) in [5.41, 5.74) is -0.0446. The molecule has 0 saturated heterocycles. The third kappa shape index (κ3) is 2.39. The van der Waals surface area contributed by atoms with Crippen LogP contribution in [0.1, 0.15) is 19.4 Å². The third-order valence-corrected chi connectivity index (χ3v) is 2.18. The lowest BCUT2D eigenvalue weighted by Gasteiger charge is -2.06. The number of nitrogens with zero attached hydrogens (tertiary/aromatic N) is 1. The van der Waals surface area contributed by atoms with Crippen LogP contribution in [0.4, 0.5) is 0 Å². The van der Waals surface area contributed by atoms with Crippen molar-refractivity contribution in [2.75, 3.05) is 0 Å². The van der Waals surface area contributed by atoms with E-state index in [1.165, 1.54) is 0 Å². The average Bonchev–Trinajstić information content (AvgIpc) is 2.25. The molecule has 16 heavy (non-hydrogen) atoms. The van der Waals surface area contributed by atoms with Gasteiger partial charge in [-0.1, -0.05) is 24.0 Å². The zero-order valence-corrected chi connectivity index (χ0v) is 9.36. The fourth-order valence-corrected chi connectivity index (χ4v) is 1.45. The first-order valence-electron chi connectivity index (χ1n) is 5.14. The molecule has 2 nitrogen and oxygen atoms in total. The molecule has 1 heterocycles. The number of hydrogen-bond donors (Lipinski definition) is 1. The molecule has 0 aliphatic carbocycles. The number of benzene rings is 1. The van der Waals surface area contributed by atoms with Crippen LogP contribution < -0.4 is 0 Å². The summed E-state index contributed by atoms with van der Waals surface area (Å²) in [7, 11) is 0. The summed E-state index contributed by atoms with van der Waals surface area (Å²) < 4.78 is 0. The van der Waals surface area contributed by atoms with Crippen LogP contribution in [0.2, 0.25) is 0 Å². The number of aromatic nitrogens is 1. The van der Waals surface area contributed by atoms with Crippen molar-refractivity contribution in [1.82, 2.24) is 4.98 Å². The van der Waals surface area contributed by atoms with Crippen LogP contribution in [0.15, 0.2) is 36.7 Å². The van der Waals surface area contributed by atoms with Crippen LogP contribution in [-0.2, 0) is 0 Å². The second-order valence-electron chi connectivity index (χ2n) is 4.21. The van der Waals surface area contributed by atoms with E-state index in [1.54, 1.807) is 20.0 Å². The van der Waals surface area contributed by atoms with Gasteiger partial charge in [-0.25, -0.2) is 0 Å². The SMILES string of the molecule is CC(C)(O)C#Cc1cccc2cnccc12. The van der Waals surface area contributed by atoms with Crippen molar-refractivity contribution in [2.24, 2.45) is 0 Å². The van der Waals surface area contributed by atoms with Gasteiger partial charge in [0.15, 0.2) is 0 Å². The van der Waals surface area contributed by atoms with Crippen molar-refractivity contribution >= 4 is 10.8 Å². The molecule has 2 aromatic rings. The Balaban J connectivity index is 2.56. The highest BCUT2D eigenvalue weighted by atomic mass is 16.3. The van der Waals surface area contributed by atoms with Gasteiger partial charge in [0.2, 0.25) is 0 Å². The van der Waals surface area contributed by atoms with E-state index in [2.05, 4.69) is 16.8 Å². The molecule has 80 valence electrons. The van der Waals surface area contributed by atoms with Gasteiger partial charge in [0.1, 0.15) is 5.60 Å². The summed E-state index contributed by atoms with van der Waals surface area (Å²) in [6.45, 7) is 3.35. The second-order valence-corrected chi connectivity index (χ2v) is 4.21. The summed E-state index contributed by atoms with van der Waals surface area (Å²) in [5, 5.41) is 11.7. The Morgan fingerprint density at radius 1 is 1.25 bits per heavy atom. The van der Waals surface area contributed by atoms with E-state index in [4.69, 9.17) is 0 Å². The van der Waals surface area contributed by atoms with Gasteiger partial charge in [-0.15, -0.1) is 0 Å². The zero-order valence-electron chi connectivity index (χ0n) is 9.36. The zero-order chi connectivity index (χ0) is 11.6. The number of aliphatic hydroxyl groups is 1. The highest BCUT2D eigenvalue weighted by Gasteiger charge is 2.06. The Labute approximate surface area is 95.0 Å². The van der Waals surface area contributed by atoms with Gasteiger partial charge in [0.05, 0.1) is 0 Å². The maximum absolute atomic E-state index is 9.57. The first kappa shape index (κ1) is 10.7. The molecule has 0 saturated carbocycles. The smallest absolute Gasteiger partial charge is 0.120 e. The highest BCUT2D eigenvalue weighted by Crippen LogP contribution is 2.16. The van der Waals surface area contributed by atoms with Crippen LogP contribution in [0.5, 0.6) is 0 Å². The number of pyridine rings is 1. The molecule has 0 aliphatic rings. The van der Waals surface area contributed by atoms with Crippen LogP contribution >= 0.6 is 0 Å². The van der Waals surface area contributed by atoms with E-state index in [-0.39, 0.29) is 0 Å². The van der Waals surface area contributed by atoms with Gasteiger partial charge in [-0.3, -0.25) is 4.98 Å². The summed E-state index contributed by atoms with van der Waals surface area (Å²) in [5.74, 6) is 5.82. The topological polar surface area (TPSA) is 33.1 Å². The summed E-state index contributed by atoms with van der Waals surface area (Å²) in [4.78, 5) is 4.07. The molecular formula is C14H13NO. The van der Waals surface area contributed by atoms with Gasteiger partial charge in [-0.05, 0) is 26.0 Å². The lowest BCUT2D eigenvalue weighted by Crippen LogP contribution is -2.14. The molecule has 0 amide bonds. The predicted molar refractivity (Wildman–Crippen MR) is 64.9 cm³/mol. The molecule has 1 aromatic heterocycles. The van der Waals surface area contributed by atoms with E-state index < -0.39 is 5.60 Å².